The largest absolute Gasteiger partial charge is 0.322 e. The van der Waals surface area contributed by atoms with E-state index >= 15 is 0 Å². The normalized spacial score (nSPS) is 25.3. The van der Waals surface area contributed by atoms with E-state index in [2.05, 4.69) is 0 Å². The molecular weight excluding hydrogens is 228 g/mol. The molecule has 1 heterocycles. The molecule has 2 unspecified atom stereocenters. The molecule has 0 bridgehead atoms. The first-order valence-corrected chi connectivity index (χ1v) is 7.39. The van der Waals surface area contributed by atoms with Gasteiger partial charge in [0.2, 0.25) is 10.0 Å². The number of carbonyl (C=O) groups is 1. The molecule has 1 rings (SSSR count). The Labute approximate surface area is 97.0 Å². The van der Waals surface area contributed by atoms with Crippen LogP contribution in [0, 0.1) is 5.92 Å². The van der Waals surface area contributed by atoms with Gasteiger partial charge in [-0.15, -0.1) is 0 Å². The second kappa shape index (κ2) is 5.25. The number of hydrogen-bond acceptors (Lipinski definition) is 4. The Balaban J connectivity index is 2.55. The van der Waals surface area contributed by atoms with E-state index in [0.29, 0.717) is 19.5 Å². The molecule has 0 aliphatic carbocycles. The second-order valence-electron chi connectivity index (χ2n) is 4.59. The molecule has 1 aliphatic rings. The molecule has 94 valence electrons. The molecule has 0 aromatic carbocycles. The predicted molar refractivity (Wildman–Crippen MR) is 62.4 cm³/mol. The van der Waals surface area contributed by atoms with E-state index < -0.39 is 16.1 Å². The molecule has 2 N–H and O–H groups in total. The highest BCUT2D eigenvalue weighted by atomic mass is 32.2. The van der Waals surface area contributed by atoms with Crippen molar-refractivity contribution in [3.8, 4) is 0 Å². The summed E-state index contributed by atoms with van der Waals surface area (Å²) in [5.74, 6) is 0.141. The third-order valence-corrected chi connectivity index (χ3v) is 4.22. The molecule has 1 aliphatic heterocycles. The molecule has 2 atom stereocenters. The highest BCUT2D eigenvalue weighted by molar-refractivity contribution is 7.88. The SMILES string of the molecule is CC(N)C(=O)CC1CCCN(S(C)(=O)=O)C1. The standard InChI is InChI=1S/C10H20N2O3S/c1-8(11)10(13)6-9-4-3-5-12(7-9)16(2,14)15/h8-9H,3-7,11H2,1-2H3. The van der Waals surface area contributed by atoms with Crippen LogP contribution in [0.4, 0.5) is 0 Å². The van der Waals surface area contributed by atoms with E-state index in [-0.39, 0.29) is 11.7 Å². The number of nitrogens with zero attached hydrogens (tertiary/aromatic N) is 1. The smallest absolute Gasteiger partial charge is 0.211 e. The maximum absolute atomic E-state index is 11.5. The fraction of sp³-hybridized carbons (Fsp3) is 0.900. The van der Waals surface area contributed by atoms with Gasteiger partial charge in [0.15, 0.2) is 0 Å². The van der Waals surface area contributed by atoms with Gasteiger partial charge in [0.1, 0.15) is 5.78 Å². The number of ketones is 1. The number of sulfonamides is 1. The lowest BCUT2D eigenvalue weighted by Crippen LogP contribution is -2.41. The maximum Gasteiger partial charge on any atom is 0.211 e. The van der Waals surface area contributed by atoms with Gasteiger partial charge in [0.25, 0.3) is 0 Å². The van der Waals surface area contributed by atoms with Crippen molar-refractivity contribution in [1.29, 1.82) is 0 Å². The van der Waals surface area contributed by atoms with Crippen molar-refractivity contribution in [2.75, 3.05) is 19.3 Å². The van der Waals surface area contributed by atoms with E-state index in [1.54, 1.807) is 6.92 Å². The summed E-state index contributed by atoms with van der Waals surface area (Å²) >= 11 is 0. The lowest BCUT2D eigenvalue weighted by molar-refractivity contribution is -0.121. The summed E-state index contributed by atoms with van der Waals surface area (Å²) in [6.07, 6.45) is 3.33. The quantitative estimate of drug-likeness (QED) is 0.757. The summed E-state index contributed by atoms with van der Waals surface area (Å²) in [7, 11) is -3.12. The second-order valence-corrected chi connectivity index (χ2v) is 6.57. The Morgan fingerprint density at radius 3 is 2.69 bits per heavy atom. The van der Waals surface area contributed by atoms with Gasteiger partial charge in [-0.1, -0.05) is 0 Å². The average Bonchev–Trinajstić information content (AvgIpc) is 2.16. The molecule has 0 spiro atoms. The van der Waals surface area contributed by atoms with Crippen LogP contribution in [0.25, 0.3) is 0 Å². The minimum Gasteiger partial charge on any atom is -0.322 e. The van der Waals surface area contributed by atoms with Gasteiger partial charge in [-0.3, -0.25) is 4.79 Å². The Morgan fingerprint density at radius 2 is 2.19 bits per heavy atom. The van der Waals surface area contributed by atoms with Crippen LogP contribution >= 0.6 is 0 Å². The number of rotatable bonds is 4. The molecule has 16 heavy (non-hydrogen) atoms. The van der Waals surface area contributed by atoms with Gasteiger partial charge in [0.05, 0.1) is 12.3 Å². The summed E-state index contributed by atoms with van der Waals surface area (Å²) in [4.78, 5) is 11.5. The number of Topliss-reactive ketones (excluding diaryl/α,β-unsaturated/α-hetero) is 1. The fourth-order valence-electron chi connectivity index (χ4n) is 1.97. The van der Waals surface area contributed by atoms with E-state index in [0.717, 1.165) is 12.8 Å². The van der Waals surface area contributed by atoms with Gasteiger partial charge in [0, 0.05) is 19.5 Å². The third kappa shape index (κ3) is 3.84. The average molecular weight is 248 g/mol. The van der Waals surface area contributed by atoms with Crippen LogP contribution in [0.3, 0.4) is 0 Å². The topological polar surface area (TPSA) is 80.5 Å². The highest BCUT2D eigenvalue weighted by Crippen LogP contribution is 2.21. The predicted octanol–water partition coefficient (Wildman–Crippen LogP) is -0.0356. The number of piperidine rings is 1. The molecule has 0 aromatic heterocycles. The zero-order valence-corrected chi connectivity index (χ0v) is 10.7. The van der Waals surface area contributed by atoms with Crippen molar-refractivity contribution in [3.63, 3.8) is 0 Å². The number of nitrogens with two attached hydrogens (primary N) is 1. The Kier molecular flexibility index (Phi) is 4.46. The molecule has 0 amide bonds. The van der Waals surface area contributed by atoms with E-state index in [1.807, 2.05) is 0 Å². The first kappa shape index (κ1) is 13.6. The highest BCUT2D eigenvalue weighted by Gasteiger charge is 2.27. The monoisotopic (exact) mass is 248 g/mol. The minimum absolute atomic E-state index is 0.0142. The van der Waals surface area contributed by atoms with E-state index in [1.165, 1.54) is 10.6 Å². The van der Waals surface area contributed by atoms with Crippen LogP contribution in [0.5, 0.6) is 0 Å². The zero-order valence-electron chi connectivity index (χ0n) is 9.85. The Hall–Kier alpha value is -0.460. The van der Waals surface area contributed by atoms with Crippen molar-refractivity contribution in [3.05, 3.63) is 0 Å². The van der Waals surface area contributed by atoms with Gasteiger partial charge >= 0.3 is 0 Å². The van der Waals surface area contributed by atoms with Gasteiger partial charge in [-0.05, 0) is 25.7 Å². The third-order valence-electron chi connectivity index (χ3n) is 2.95. The molecular formula is C10H20N2O3S. The van der Waals surface area contributed by atoms with Crippen molar-refractivity contribution in [2.24, 2.45) is 11.7 Å². The Morgan fingerprint density at radius 1 is 1.56 bits per heavy atom. The van der Waals surface area contributed by atoms with Crippen molar-refractivity contribution >= 4 is 15.8 Å². The lowest BCUT2D eigenvalue weighted by Gasteiger charge is -2.30. The lowest BCUT2D eigenvalue weighted by atomic mass is 9.92. The first-order valence-electron chi connectivity index (χ1n) is 5.54. The summed E-state index contributed by atoms with van der Waals surface area (Å²) < 4.78 is 24.2. The van der Waals surface area contributed by atoms with Crippen LogP contribution in [0.15, 0.2) is 0 Å². The van der Waals surface area contributed by atoms with Gasteiger partial charge in [-0.2, -0.15) is 0 Å². The van der Waals surface area contributed by atoms with E-state index in [4.69, 9.17) is 5.73 Å². The molecule has 1 saturated heterocycles. The zero-order chi connectivity index (χ0) is 12.3. The summed E-state index contributed by atoms with van der Waals surface area (Å²) in [6, 6.07) is -0.450. The fourth-order valence-corrected chi connectivity index (χ4v) is 2.91. The maximum atomic E-state index is 11.5. The molecule has 6 heteroatoms. The van der Waals surface area contributed by atoms with E-state index in [9.17, 15) is 13.2 Å². The molecule has 0 aromatic rings. The Bertz CT molecular complexity index is 351. The molecule has 5 nitrogen and oxygen atoms in total. The first-order chi connectivity index (χ1) is 7.30. The number of hydrogen-bond donors (Lipinski definition) is 1. The molecule has 0 saturated carbocycles. The molecule has 0 radical (unpaired) electrons. The van der Waals surface area contributed by atoms with Crippen LogP contribution in [0.2, 0.25) is 0 Å². The van der Waals surface area contributed by atoms with Gasteiger partial charge < -0.3 is 5.73 Å². The van der Waals surface area contributed by atoms with Crippen molar-refractivity contribution in [1.82, 2.24) is 4.31 Å². The van der Waals surface area contributed by atoms with Crippen molar-refractivity contribution < 1.29 is 13.2 Å². The summed E-state index contributed by atoms with van der Waals surface area (Å²) in [5.41, 5.74) is 5.49. The van der Waals surface area contributed by atoms with Crippen LogP contribution in [0.1, 0.15) is 26.2 Å². The van der Waals surface area contributed by atoms with Crippen molar-refractivity contribution in [2.45, 2.75) is 32.2 Å². The van der Waals surface area contributed by atoms with Crippen LogP contribution in [-0.4, -0.2) is 43.9 Å². The van der Waals surface area contributed by atoms with Crippen LogP contribution in [-0.2, 0) is 14.8 Å². The van der Waals surface area contributed by atoms with Gasteiger partial charge in [-0.25, -0.2) is 12.7 Å². The summed E-state index contributed by atoms with van der Waals surface area (Å²) in [5, 5.41) is 0. The minimum atomic E-state index is -3.12. The summed E-state index contributed by atoms with van der Waals surface area (Å²) in [6.45, 7) is 2.69. The molecule has 1 fully saturated rings. The van der Waals surface area contributed by atoms with Crippen LogP contribution < -0.4 is 5.73 Å². The number of carbonyl (C=O) groups excluding carboxylic acids is 1.